The maximum absolute atomic E-state index is 9.73. The van der Waals surface area contributed by atoms with Crippen LogP contribution in [-0.4, -0.2) is 9.66 Å². The van der Waals surface area contributed by atoms with Gasteiger partial charge in [-0.25, -0.2) is 0 Å². The van der Waals surface area contributed by atoms with Crippen molar-refractivity contribution >= 4 is 21.9 Å². The number of phenols is 1. The lowest BCUT2D eigenvalue weighted by Crippen LogP contribution is -2.12. The fraction of sp³-hybridized carbons (Fsp3) is 0.455. The fourth-order valence-corrected chi connectivity index (χ4v) is 2.75. The third-order valence-electron chi connectivity index (χ3n) is 2.23. The minimum atomic E-state index is -0.0455. The van der Waals surface area contributed by atoms with Gasteiger partial charge < -0.3 is 9.66 Å². The molecule has 1 aromatic rings. The van der Waals surface area contributed by atoms with Crippen LogP contribution in [-0.2, 0) is 5.41 Å². The van der Waals surface area contributed by atoms with E-state index in [1.807, 2.05) is 13.0 Å². The summed E-state index contributed by atoms with van der Waals surface area (Å²) >= 11 is 1.01. The monoisotopic (exact) mass is 246 g/mol. The minimum Gasteiger partial charge on any atom is -0.508 e. The molecule has 0 unspecified atom stereocenters. The highest BCUT2D eigenvalue weighted by Gasteiger charge is 2.20. The van der Waals surface area contributed by atoms with Crippen molar-refractivity contribution in [2.75, 3.05) is 0 Å². The number of aromatic hydroxyl groups is 1. The molecule has 1 rings (SSSR count). The average Bonchev–Trinajstić information content (AvgIpc) is 2.17. The summed E-state index contributed by atoms with van der Waals surface area (Å²) in [4.78, 5) is 1.03. The molecule has 15 heavy (non-hydrogen) atoms. The van der Waals surface area contributed by atoms with Gasteiger partial charge in [-0.2, -0.15) is 0 Å². The molecule has 4 heteroatoms. The van der Waals surface area contributed by atoms with Crippen molar-refractivity contribution in [3.63, 3.8) is 0 Å². The van der Waals surface area contributed by atoms with Crippen LogP contribution in [0.3, 0.4) is 0 Å². The van der Waals surface area contributed by atoms with E-state index in [1.165, 1.54) is 10.8 Å². The normalized spacial score (nSPS) is 12.7. The molecule has 0 atom stereocenters. The van der Waals surface area contributed by atoms with Gasteiger partial charge in [-0.05, 0) is 46.4 Å². The zero-order valence-electron chi connectivity index (χ0n) is 10.3. The summed E-state index contributed by atoms with van der Waals surface area (Å²) in [6.45, 7) is 8.13. The predicted octanol–water partition coefficient (Wildman–Crippen LogP) is 4.21. The lowest BCUT2D eigenvalue weighted by Gasteiger charge is -2.22. The Morgan fingerprint density at radius 1 is 1.33 bits per heavy atom. The second-order valence-corrected chi connectivity index (χ2v) is 6.19. The lowest BCUT2D eigenvalue weighted by molar-refractivity contribution is 0.465. The van der Waals surface area contributed by atoms with E-state index in [9.17, 15) is 5.11 Å². The third kappa shape index (κ3) is 3.06. The number of aryl methyl sites for hydroxylation is 1. The van der Waals surface area contributed by atoms with Gasteiger partial charge in [-0.15, -0.1) is 0 Å². The van der Waals surface area contributed by atoms with Crippen LogP contribution in [0.15, 0.2) is 17.0 Å². The Labute approximate surface area is 100 Å². The Kier molecular flexibility index (Phi) is 3.49. The van der Waals surface area contributed by atoms with Crippen LogP contribution in [0.5, 0.6) is 5.75 Å². The van der Waals surface area contributed by atoms with E-state index < -0.39 is 0 Å². The van der Waals surface area contributed by atoms with Gasteiger partial charge in [-0.3, -0.25) is 0 Å². The molecule has 2 N–H and O–H groups in total. The van der Waals surface area contributed by atoms with Crippen LogP contribution >= 0.6 is 21.9 Å². The first-order valence-corrected chi connectivity index (χ1v) is 6.74. The van der Waals surface area contributed by atoms with Crippen LogP contribution in [0.4, 0.5) is 0 Å². The van der Waals surface area contributed by atoms with Gasteiger partial charge in [0.05, 0.1) is 11.1 Å². The van der Waals surface area contributed by atoms with Gasteiger partial charge >= 0.3 is 0 Å². The van der Waals surface area contributed by atoms with Crippen LogP contribution in [0.25, 0.3) is 1.43 Å². The molecular formula is C11H16O2S2. The first-order chi connectivity index (χ1) is 7.36. The van der Waals surface area contributed by atoms with E-state index in [1.54, 1.807) is 6.07 Å². The molecule has 0 bridgehead atoms. The summed E-state index contributed by atoms with van der Waals surface area (Å²) < 4.78 is 10.9. The van der Waals surface area contributed by atoms with Crippen LogP contribution in [0.2, 0.25) is 0 Å². The quantitative estimate of drug-likeness (QED) is 0.619. The van der Waals surface area contributed by atoms with Gasteiger partial charge in [-0.1, -0.05) is 20.8 Å². The molecule has 0 aliphatic heterocycles. The number of rotatable bonds is 3. The van der Waals surface area contributed by atoms with E-state index in [2.05, 4.69) is 25.3 Å². The molecule has 0 aliphatic rings. The Morgan fingerprint density at radius 2 is 2.00 bits per heavy atom. The molecule has 0 spiro atoms. The van der Waals surface area contributed by atoms with E-state index >= 15 is 0 Å². The van der Waals surface area contributed by atoms with Gasteiger partial charge in [0, 0.05) is 4.90 Å². The largest absolute Gasteiger partial charge is 0.508 e. The number of phenolic OH excluding ortho intramolecular Hbond substituents is 1. The van der Waals surface area contributed by atoms with Crippen molar-refractivity contribution in [2.24, 2.45) is 0 Å². The Balaban J connectivity index is 3.17. The second kappa shape index (κ2) is 4.68. The highest BCUT2D eigenvalue weighted by atomic mass is 33.1. The van der Waals surface area contributed by atoms with E-state index in [4.69, 9.17) is 1.43 Å². The fourth-order valence-electron chi connectivity index (χ4n) is 1.36. The molecule has 84 valence electrons. The molecule has 1 aromatic carbocycles. The number of hydrogen-bond donors (Lipinski definition) is 2. The Hall–Kier alpha value is -0.320. The maximum atomic E-state index is 9.73. The van der Waals surface area contributed by atoms with Crippen LogP contribution in [0, 0.1) is 6.92 Å². The summed E-state index contributed by atoms with van der Waals surface area (Å²) in [6.07, 6.45) is 0. The van der Waals surface area contributed by atoms with Gasteiger partial charge in [0.2, 0.25) is 1.43 Å². The van der Waals surface area contributed by atoms with Crippen molar-refractivity contribution in [3.8, 4) is 5.75 Å². The van der Waals surface area contributed by atoms with Crippen LogP contribution < -0.4 is 0 Å². The van der Waals surface area contributed by atoms with Gasteiger partial charge in [0.25, 0.3) is 0 Å². The molecule has 2 nitrogen and oxygen atoms in total. The van der Waals surface area contributed by atoms with Crippen molar-refractivity contribution in [3.05, 3.63) is 23.3 Å². The zero-order valence-corrected chi connectivity index (χ0v) is 11.0. The summed E-state index contributed by atoms with van der Waals surface area (Å²) in [7, 11) is 1.39. The first-order valence-electron chi connectivity index (χ1n) is 5.07. The zero-order chi connectivity index (χ0) is 12.3. The summed E-state index contributed by atoms with van der Waals surface area (Å²) in [5.74, 6) is 0.311. The van der Waals surface area contributed by atoms with Crippen molar-refractivity contribution in [2.45, 2.75) is 38.0 Å². The van der Waals surface area contributed by atoms with Gasteiger partial charge in [0.15, 0.2) is 0 Å². The molecule has 0 amide bonds. The number of benzene rings is 1. The summed E-state index contributed by atoms with van der Waals surface area (Å²) in [5, 5.41) is 9.73. The summed E-state index contributed by atoms with van der Waals surface area (Å²) in [5.41, 5.74) is 1.85. The minimum absolute atomic E-state index is 0.0455. The molecule has 0 saturated carbocycles. The van der Waals surface area contributed by atoms with Crippen molar-refractivity contribution < 1.29 is 9.66 Å². The van der Waals surface area contributed by atoms with Crippen molar-refractivity contribution in [1.82, 2.24) is 0 Å². The average molecular weight is 246 g/mol. The highest BCUT2D eigenvalue weighted by Crippen LogP contribution is 2.40. The molecule has 0 heterocycles. The van der Waals surface area contributed by atoms with E-state index in [-0.39, 0.29) is 5.41 Å². The maximum Gasteiger partial charge on any atom is 0.229 e. The second-order valence-electron chi connectivity index (χ2n) is 4.54. The molecular weight excluding hydrogens is 228 g/mol. The van der Waals surface area contributed by atoms with Crippen molar-refractivity contribution in [1.29, 1.82) is 1.43 Å². The molecule has 0 aromatic heterocycles. The van der Waals surface area contributed by atoms with Gasteiger partial charge in [0.1, 0.15) is 5.75 Å². The highest BCUT2D eigenvalue weighted by molar-refractivity contribution is 8.74. The molecule has 0 saturated heterocycles. The van der Waals surface area contributed by atoms with Crippen LogP contribution in [0.1, 0.15) is 31.9 Å². The predicted molar refractivity (Wildman–Crippen MR) is 67.6 cm³/mol. The topological polar surface area (TPSA) is 40.5 Å². The Bertz CT molecular complexity index is 375. The molecule has 0 radical (unpaired) electrons. The standard InChI is InChI=1S/C11H16O2S2/c1-7-5-10(14-15-13)8(6-9(7)12)11(2,3)4/h5-6,12-13H,1-4H3/i/hT. The Morgan fingerprint density at radius 3 is 2.53 bits per heavy atom. The van der Waals surface area contributed by atoms with E-state index in [0.29, 0.717) is 5.75 Å². The lowest BCUT2D eigenvalue weighted by atomic mass is 9.86. The smallest absolute Gasteiger partial charge is 0.229 e. The third-order valence-corrected chi connectivity index (χ3v) is 3.56. The molecule has 0 aliphatic carbocycles. The number of hydrogen-bond acceptors (Lipinski definition) is 4. The summed E-state index contributed by atoms with van der Waals surface area (Å²) in [6, 6.07) is 3.72. The first kappa shape index (κ1) is 11.2. The SMILES string of the molecule is [3H]OSSc1cc(C)c(O)cc1C(C)(C)C. The molecule has 0 fully saturated rings. The van der Waals surface area contributed by atoms with E-state index in [0.717, 1.165) is 27.1 Å².